The molecule has 2 aromatic heterocycles. The van der Waals surface area contributed by atoms with Gasteiger partial charge in [-0.2, -0.15) is 0 Å². The number of rotatable bonds is 8. The van der Waals surface area contributed by atoms with Gasteiger partial charge in [-0.25, -0.2) is 4.98 Å². The third kappa shape index (κ3) is 4.92. The molecule has 0 fully saturated rings. The molecule has 0 bridgehead atoms. The van der Waals surface area contributed by atoms with E-state index in [9.17, 15) is 4.79 Å². The molecular formula is C26H27N3O4. The van der Waals surface area contributed by atoms with Gasteiger partial charge in [-0.1, -0.05) is 35.9 Å². The van der Waals surface area contributed by atoms with Gasteiger partial charge in [0.1, 0.15) is 35.7 Å². The Labute approximate surface area is 193 Å². The van der Waals surface area contributed by atoms with Gasteiger partial charge in [0.25, 0.3) is 5.91 Å². The summed E-state index contributed by atoms with van der Waals surface area (Å²) < 4.78 is 19.0. The number of nitrogens with one attached hydrogen (secondary N) is 1. The molecule has 1 N–H and O–H groups in total. The Morgan fingerprint density at radius 1 is 1.12 bits per heavy atom. The summed E-state index contributed by atoms with van der Waals surface area (Å²) in [7, 11) is 3.48. The van der Waals surface area contributed by atoms with Crippen molar-refractivity contribution in [3.63, 3.8) is 0 Å². The smallest absolute Gasteiger partial charge is 0.287 e. The van der Waals surface area contributed by atoms with Crippen molar-refractivity contribution in [3.8, 4) is 11.5 Å². The highest BCUT2D eigenvalue weighted by Gasteiger charge is 2.25. The van der Waals surface area contributed by atoms with E-state index in [1.165, 1.54) is 5.56 Å². The maximum Gasteiger partial charge on any atom is 0.287 e. The summed E-state index contributed by atoms with van der Waals surface area (Å²) in [4.78, 5) is 17.5. The van der Waals surface area contributed by atoms with Crippen molar-refractivity contribution in [2.75, 3.05) is 7.11 Å². The van der Waals surface area contributed by atoms with Gasteiger partial charge < -0.3 is 23.8 Å². The number of aromatic nitrogens is 2. The van der Waals surface area contributed by atoms with Crippen LogP contribution in [0.2, 0.25) is 0 Å². The summed E-state index contributed by atoms with van der Waals surface area (Å²) in [5, 5.41) is 3.03. The van der Waals surface area contributed by atoms with Crippen LogP contribution in [0.25, 0.3) is 0 Å². The van der Waals surface area contributed by atoms with Crippen LogP contribution in [0.4, 0.5) is 0 Å². The highest BCUT2D eigenvalue weighted by Crippen LogP contribution is 2.29. The minimum absolute atomic E-state index is 0.198. The van der Waals surface area contributed by atoms with Gasteiger partial charge in [-0.15, -0.1) is 0 Å². The third-order valence-electron chi connectivity index (χ3n) is 5.43. The van der Waals surface area contributed by atoms with Crippen LogP contribution in [0.1, 0.15) is 44.9 Å². The second kappa shape index (κ2) is 9.65. The Balaban J connectivity index is 1.52. The summed E-state index contributed by atoms with van der Waals surface area (Å²) >= 11 is 0. The second-order valence-electron chi connectivity index (χ2n) is 7.87. The summed E-state index contributed by atoms with van der Waals surface area (Å²) in [6.45, 7) is 4.27. The molecule has 1 amide bonds. The van der Waals surface area contributed by atoms with E-state index in [-0.39, 0.29) is 18.3 Å². The number of furan rings is 1. The molecule has 33 heavy (non-hydrogen) atoms. The van der Waals surface area contributed by atoms with E-state index < -0.39 is 6.04 Å². The molecule has 7 heteroatoms. The first-order valence-electron chi connectivity index (χ1n) is 10.7. The van der Waals surface area contributed by atoms with Crippen molar-refractivity contribution in [2.45, 2.75) is 26.5 Å². The van der Waals surface area contributed by atoms with Crippen molar-refractivity contribution in [1.82, 2.24) is 14.9 Å². The number of carbonyl (C=O) groups excluding carboxylic acids is 1. The van der Waals surface area contributed by atoms with Crippen molar-refractivity contribution >= 4 is 5.91 Å². The van der Waals surface area contributed by atoms with Gasteiger partial charge in [-0.3, -0.25) is 4.79 Å². The lowest BCUT2D eigenvalue weighted by Gasteiger charge is -2.20. The number of amides is 1. The molecule has 0 aliphatic rings. The first kappa shape index (κ1) is 22.2. The molecule has 1 atom stereocenters. The van der Waals surface area contributed by atoms with E-state index in [0.29, 0.717) is 17.3 Å². The molecule has 4 aromatic rings. The van der Waals surface area contributed by atoms with Crippen LogP contribution in [-0.4, -0.2) is 22.6 Å². The fourth-order valence-electron chi connectivity index (χ4n) is 3.73. The Morgan fingerprint density at radius 2 is 1.94 bits per heavy atom. The lowest BCUT2D eigenvalue weighted by Crippen LogP contribution is -2.31. The normalized spacial score (nSPS) is 11.8. The molecule has 4 rings (SSSR count). The number of para-hydroxylation sites is 1. The zero-order chi connectivity index (χ0) is 23.4. The first-order valence-corrected chi connectivity index (χ1v) is 10.7. The molecule has 0 aliphatic heterocycles. The number of hydrogen-bond donors (Lipinski definition) is 1. The second-order valence-corrected chi connectivity index (χ2v) is 7.87. The number of ether oxygens (including phenoxy) is 2. The van der Waals surface area contributed by atoms with Gasteiger partial charge in [0.2, 0.25) is 0 Å². The topological polar surface area (TPSA) is 78.5 Å². The Bertz CT molecular complexity index is 1260. The summed E-state index contributed by atoms with van der Waals surface area (Å²) in [6.07, 6.45) is 3.53. The van der Waals surface area contributed by atoms with Gasteiger partial charge in [0.15, 0.2) is 5.76 Å². The molecule has 0 aliphatic carbocycles. The SMILES string of the molecule is COc1ccccc1C(NC(=O)c1ccc(COc2ccc(C)cc2C)o1)c1nccn1C. The number of benzene rings is 2. The third-order valence-corrected chi connectivity index (χ3v) is 5.43. The van der Waals surface area contributed by atoms with Crippen molar-refractivity contribution < 1.29 is 18.7 Å². The number of aryl methyl sites for hydroxylation is 3. The molecule has 2 aromatic carbocycles. The van der Waals surface area contributed by atoms with E-state index in [1.54, 1.807) is 25.4 Å². The maximum absolute atomic E-state index is 13.1. The summed E-state index contributed by atoms with van der Waals surface area (Å²) in [6, 6.07) is 16.4. The Hall–Kier alpha value is -4.00. The maximum atomic E-state index is 13.1. The van der Waals surface area contributed by atoms with Gasteiger partial charge in [-0.05, 0) is 43.7 Å². The predicted molar refractivity (Wildman–Crippen MR) is 124 cm³/mol. The Morgan fingerprint density at radius 3 is 2.67 bits per heavy atom. The zero-order valence-corrected chi connectivity index (χ0v) is 19.2. The van der Waals surface area contributed by atoms with E-state index in [0.717, 1.165) is 16.9 Å². The molecular weight excluding hydrogens is 418 g/mol. The van der Waals surface area contributed by atoms with Crippen LogP contribution < -0.4 is 14.8 Å². The number of nitrogens with zero attached hydrogens (tertiary/aromatic N) is 2. The van der Waals surface area contributed by atoms with Crippen molar-refractivity contribution in [3.05, 3.63) is 101 Å². The largest absolute Gasteiger partial charge is 0.496 e. The number of hydrogen-bond acceptors (Lipinski definition) is 5. The first-order chi connectivity index (χ1) is 16.0. The molecule has 0 spiro atoms. The average molecular weight is 446 g/mol. The average Bonchev–Trinajstić information content (AvgIpc) is 3.46. The van der Waals surface area contributed by atoms with Crippen LogP contribution in [0.15, 0.2) is 71.4 Å². The minimum atomic E-state index is -0.520. The predicted octanol–water partition coefficient (Wildman–Crippen LogP) is 4.74. The van der Waals surface area contributed by atoms with Crippen LogP contribution in [0.5, 0.6) is 11.5 Å². The monoisotopic (exact) mass is 445 g/mol. The zero-order valence-electron chi connectivity index (χ0n) is 19.2. The lowest BCUT2D eigenvalue weighted by atomic mass is 10.0. The molecule has 7 nitrogen and oxygen atoms in total. The molecule has 2 heterocycles. The minimum Gasteiger partial charge on any atom is -0.496 e. The van der Waals surface area contributed by atoms with E-state index in [2.05, 4.69) is 16.4 Å². The van der Waals surface area contributed by atoms with Crippen LogP contribution >= 0.6 is 0 Å². The van der Waals surface area contributed by atoms with Crippen LogP contribution in [-0.2, 0) is 13.7 Å². The number of imidazole rings is 1. The van der Waals surface area contributed by atoms with Crippen molar-refractivity contribution in [1.29, 1.82) is 0 Å². The van der Waals surface area contributed by atoms with Crippen molar-refractivity contribution in [2.24, 2.45) is 7.05 Å². The quantitative estimate of drug-likeness (QED) is 0.424. The molecule has 170 valence electrons. The van der Waals surface area contributed by atoms with Crippen LogP contribution in [0.3, 0.4) is 0 Å². The molecule has 0 saturated carbocycles. The lowest BCUT2D eigenvalue weighted by molar-refractivity contribution is 0.0908. The number of methoxy groups -OCH3 is 1. The van der Waals surface area contributed by atoms with Gasteiger partial charge in [0.05, 0.1) is 7.11 Å². The van der Waals surface area contributed by atoms with Gasteiger partial charge >= 0.3 is 0 Å². The van der Waals surface area contributed by atoms with Crippen LogP contribution in [0, 0.1) is 13.8 Å². The fourth-order valence-corrected chi connectivity index (χ4v) is 3.73. The molecule has 1 unspecified atom stereocenters. The molecule has 0 saturated heterocycles. The molecule has 0 radical (unpaired) electrons. The van der Waals surface area contributed by atoms with E-state index in [1.807, 2.05) is 68.1 Å². The van der Waals surface area contributed by atoms with E-state index in [4.69, 9.17) is 13.9 Å². The summed E-state index contributed by atoms with van der Waals surface area (Å²) in [5.74, 6) is 2.53. The number of carbonyl (C=O) groups is 1. The fraction of sp³-hybridized carbons (Fsp3) is 0.231. The highest BCUT2D eigenvalue weighted by atomic mass is 16.5. The van der Waals surface area contributed by atoms with Gasteiger partial charge in [0, 0.05) is 25.0 Å². The van der Waals surface area contributed by atoms with E-state index >= 15 is 0 Å². The standard InChI is InChI=1S/C26H27N3O4/c1-17-9-11-21(18(2)15-17)32-16-19-10-12-23(33-19)26(30)28-24(25-27-13-14-29(25)3)20-7-5-6-8-22(20)31-4/h5-15,24H,16H2,1-4H3,(H,28,30). The summed E-state index contributed by atoms with van der Waals surface area (Å²) in [5.41, 5.74) is 3.02. The Kier molecular flexibility index (Phi) is 6.49. The highest BCUT2D eigenvalue weighted by molar-refractivity contribution is 5.92.